The molecule has 5 heteroatoms. The van der Waals surface area contributed by atoms with Crippen LogP contribution in [0.5, 0.6) is 0 Å². The highest BCUT2D eigenvalue weighted by molar-refractivity contribution is 6.28. The van der Waals surface area contributed by atoms with Gasteiger partial charge in [0.25, 0.3) is 0 Å². The number of rotatable bonds is 2. The first-order valence-electron chi connectivity index (χ1n) is 12.4. The Morgan fingerprint density at radius 3 is 1.79 bits per heavy atom. The fourth-order valence-corrected chi connectivity index (χ4v) is 5.73. The second kappa shape index (κ2) is 8.10. The normalized spacial score (nSPS) is 11.8. The number of halogens is 1. The second-order valence-corrected chi connectivity index (χ2v) is 9.72. The Bertz CT molecular complexity index is 2180. The number of hydrogen-bond donors (Lipinski definition) is 0. The van der Waals surface area contributed by atoms with Crippen molar-refractivity contribution >= 4 is 65.9 Å². The Balaban J connectivity index is 1.36. The van der Waals surface area contributed by atoms with Gasteiger partial charge in [-0.25, -0.2) is 4.98 Å². The molecule has 0 atom stereocenters. The molecule has 0 saturated heterocycles. The number of para-hydroxylation sites is 2. The summed E-state index contributed by atoms with van der Waals surface area (Å²) in [5, 5.41) is 9.42. The third kappa shape index (κ3) is 3.14. The van der Waals surface area contributed by atoms with E-state index >= 15 is 0 Å². The molecule has 0 aliphatic carbocycles. The lowest BCUT2D eigenvalue weighted by Gasteiger charge is -2.12. The number of benzene rings is 6. The number of furan rings is 1. The van der Waals surface area contributed by atoms with Gasteiger partial charge in [0.15, 0.2) is 11.6 Å². The molecule has 0 amide bonds. The monoisotopic (exact) mass is 507 g/mol. The zero-order chi connectivity index (χ0) is 25.2. The van der Waals surface area contributed by atoms with Crippen molar-refractivity contribution in [3.8, 4) is 22.8 Å². The molecule has 8 aromatic rings. The summed E-state index contributed by atoms with van der Waals surface area (Å²) >= 11 is 6.48. The number of nitrogens with zero attached hydrogens (tertiary/aromatic N) is 3. The average molecular weight is 508 g/mol. The fraction of sp³-hybridized carbons (Fsp3) is 0. The molecule has 6 aromatic carbocycles. The largest absolute Gasteiger partial charge is 0.455 e. The van der Waals surface area contributed by atoms with Gasteiger partial charge in [0.05, 0.1) is 5.56 Å². The summed E-state index contributed by atoms with van der Waals surface area (Å²) in [4.78, 5) is 13.9. The fourth-order valence-electron chi connectivity index (χ4n) is 5.57. The van der Waals surface area contributed by atoms with E-state index in [1.807, 2.05) is 36.4 Å². The van der Waals surface area contributed by atoms with Crippen molar-refractivity contribution in [2.75, 3.05) is 0 Å². The smallest absolute Gasteiger partial charge is 0.226 e. The predicted octanol–water partition coefficient (Wildman–Crippen LogP) is 9.22. The maximum absolute atomic E-state index is 6.48. The van der Waals surface area contributed by atoms with Crippen molar-refractivity contribution in [1.82, 2.24) is 15.0 Å². The second-order valence-electron chi connectivity index (χ2n) is 9.38. The molecule has 2 aromatic heterocycles. The average Bonchev–Trinajstić information content (AvgIpc) is 3.36. The molecule has 4 nitrogen and oxygen atoms in total. The molecule has 8 rings (SSSR count). The Kier molecular flexibility index (Phi) is 4.54. The van der Waals surface area contributed by atoms with E-state index in [9.17, 15) is 0 Å². The van der Waals surface area contributed by atoms with E-state index in [1.165, 1.54) is 26.9 Å². The topological polar surface area (TPSA) is 51.8 Å². The lowest BCUT2D eigenvalue weighted by Crippen LogP contribution is -1.97. The highest BCUT2D eigenvalue weighted by atomic mass is 35.5. The Morgan fingerprint density at radius 2 is 1.05 bits per heavy atom. The molecule has 2 heterocycles. The van der Waals surface area contributed by atoms with Gasteiger partial charge in [-0.15, -0.1) is 0 Å². The van der Waals surface area contributed by atoms with Gasteiger partial charge < -0.3 is 4.42 Å². The van der Waals surface area contributed by atoms with Crippen LogP contribution in [0.15, 0.2) is 114 Å². The highest BCUT2D eigenvalue weighted by Gasteiger charge is 2.17. The number of aromatic nitrogens is 3. The summed E-state index contributed by atoms with van der Waals surface area (Å²) in [7, 11) is 0. The maximum Gasteiger partial charge on any atom is 0.226 e. The minimum absolute atomic E-state index is 0.140. The minimum atomic E-state index is 0.140. The number of hydrogen-bond acceptors (Lipinski definition) is 4. The van der Waals surface area contributed by atoms with Crippen LogP contribution < -0.4 is 0 Å². The first-order valence-corrected chi connectivity index (χ1v) is 12.8. The van der Waals surface area contributed by atoms with Crippen LogP contribution in [0.25, 0.3) is 77.0 Å². The predicted molar refractivity (Wildman–Crippen MR) is 156 cm³/mol. The summed E-state index contributed by atoms with van der Waals surface area (Å²) in [5.41, 5.74) is 3.21. The van der Waals surface area contributed by atoms with E-state index in [0.29, 0.717) is 11.6 Å². The van der Waals surface area contributed by atoms with E-state index in [1.54, 1.807) is 0 Å². The van der Waals surface area contributed by atoms with Crippen LogP contribution in [-0.4, -0.2) is 15.0 Å². The van der Waals surface area contributed by atoms with Gasteiger partial charge >= 0.3 is 0 Å². The Morgan fingerprint density at radius 1 is 0.474 bits per heavy atom. The quantitative estimate of drug-likeness (QED) is 0.219. The van der Waals surface area contributed by atoms with Crippen molar-refractivity contribution in [3.05, 3.63) is 114 Å². The van der Waals surface area contributed by atoms with Gasteiger partial charge in [0, 0.05) is 16.3 Å². The molecule has 178 valence electrons. The Labute approximate surface area is 222 Å². The summed E-state index contributed by atoms with van der Waals surface area (Å²) in [5.74, 6) is 1.00. The molecule has 0 fully saturated rings. The molecule has 0 aliphatic rings. The van der Waals surface area contributed by atoms with Gasteiger partial charge in [0.1, 0.15) is 11.2 Å². The van der Waals surface area contributed by atoms with Crippen molar-refractivity contribution < 1.29 is 4.42 Å². The lowest BCUT2D eigenvalue weighted by atomic mass is 9.93. The first kappa shape index (κ1) is 21.3. The maximum atomic E-state index is 6.48. The first-order chi connectivity index (χ1) is 18.7. The molecule has 0 saturated carbocycles. The van der Waals surface area contributed by atoms with Gasteiger partial charge in [-0.05, 0) is 62.1 Å². The summed E-state index contributed by atoms with van der Waals surface area (Å²) < 4.78 is 6.23. The van der Waals surface area contributed by atoms with Crippen LogP contribution in [0.4, 0.5) is 0 Å². The van der Waals surface area contributed by atoms with Gasteiger partial charge in [-0.1, -0.05) is 91.0 Å². The van der Waals surface area contributed by atoms with Crippen molar-refractivity contribution in [2.45, 2.75) is 0 Å². The van der Waals surface area contributed by atoms with Crippen molar-refractivity contribution in [2.24, 2.45) is 0 Å². The third-order valence-corrected chi connectivity index (χ3v) is 7.42. The SMILES string of the molecule is Clc1nc(-c2ccc3c4ccccc4c4ccccc4c3c2)nc(-c2cccc3c2oc2ccccc23)n1. The van der Waals surface area contributed by atoms with Gasteiger partial charge in [-0.2, -0.15) is 9.97 Å². The van der Waals surface area contributed by atoms with E-state index in [4.69, 9.17) is 21.0 Å². The van der Waals surface area contributed by atoms with Crippen LogP contribution >= 0.6 is 11.6 Å². The van der Waals surface area contributed by atoms with Crippen LogP contribution in [0, 0.1) is 0 Å². The molecular weight excluding hydrogens is 490 g/mol. The molecule has 0 radical (unpaired) electrons. The zero-order valence-corrected chi connectivity index (χ0v) is 20.8. The molecule has 0 bridgehead atoms. The molecule has 0 N–H and O–H groups in total. The molecule has 0 spiro atoms. The van der Waals surface area contributed by atoms with E-state index < -0.39 is 0 Å². The van der Waals surface area contributed by atoms with Crippen LogP contribution in [0.1, 0.15) is 0 Å². The molecular formula is C33H18ClN3O. The van der Waals surface area contributed by atoms with Crippen LogP contribution in [0.2, 0.25) is 5.28 Å². The lowest BCUT2D eigenvalue weighted by molar-refractivity contribution is 0.669. The summed E-state index contributed by atoms with van der Waals surface area (Å²) in [6.07, 6.45) is 0. The van der Waals surface area contributed by atoms with E-state index in [0.717, 1.165) is 38.5 Å². The third-order valence-electron chi connectivity index (χ3n) is 7.26. The molecule has 0 unspecified atom stereocenters. The standard InChI is InChI=1S/C33H18ClN3O/c34-33-36-31(35-32(37-33)27-14-7-13-26-25-12-5-6-15-29(25)38-30(26)27)19-16-17-24-22-10-2-1-8-20(22)21-9-3-4-11-23(21)28(24)18-19/h1-18H. The van der Waals surface area contributed by atoms with E-state index in [-0.39, 0.29) is 5.28 Å². The summed E-state index contributed by atoms with van der Waals surface area (Å²) in [6.45, 7) is 0. The molecule has 38 heavy (non-hydrogen) atoms. The van der Waals surface area contributed by atoms with Crippen molar-refractivity contribution in [1.29, 1.82) is 0 Å². The van der Waals surface area contributed by atoms with Crippen molar-refractivity contribution in [3.63, 3.8) is 0 Å². The molecule has 0 aliphatic heterocycles. The minimum Gasteiger partial charge on any atom is -0.455 e. The van der Waals surface area contributed by atoms with Crippen LogP contribution in [0.3, 0.4) is 0 Å². The highest BCUT2D eigenvalue weighted by Crippen LogP contribution is 2.38. The van der Waals surface area contributed by atoms with E-state index in [2.05, 4.69) is 82.8 Å². The van der Waals surface area contributed by atoms with Gasteiger partial charge in [-0.3, -0.25) is 0 Å². The van der Waals surface area contributed by atoms with Gasteiger partial charge in [0.2, 0.25) is 5.28 Å². The zero-order valence-electron chi connectivity index (χ0n) is 20.0. The Hall–Kier alpha value is -4.80. The number of fused-ring (bicyclic) bond motifs is 9. The summed E-state index contributed by atoms with van der Waals surface area (Å²) in [6, 6.07) is 37.4. The van der Waals surface area contributed by atoms with Crippen LogP contribution in [-0.2, 0) is 0 Å².